The van der Waals surface area contributed by atoms with E-state index in [2.05, 4.69) is 0 Å². The van der Waals surface area contributed by atoms with Crippen molar-refractivity contribution in [1.82, 2.24) is 0 Å². The van der Waals surface area contributed by atoms with Crippen molar-refractivity contribution in [3.05, 3.63) is 64.7 Å². The van der Waals surface area contributed by atoms with E-state index in [1.807, 2.05) is 0 Å². The van der Waals surface area contributed by atoms with E-state index in [-0.39, 0.29) is 10.8 Å². The van der Waals surface area contributed by atoms with E-state index in [1.165, 1.54) is 36.4 Å². The van der Waals surface area contributed by atoms with Gasteiger partial charge >= 0.3 is 5.03 Å². The van der Waals surface area contributed by atoms with Gasteiger partial charge in [-0.15, -0.1) is 0 Å². The number of hydrogen-bond donors (Lipinski definition) is 0. The maximum Gasteiger partial charge on any atom is 0.309 e. The maximum absolute atomic E-state index is 12.8. The summed E-state index contributed by atoms with van der Waals surface area (Å²) in [6, 6.07) is 8.00. The molecule has 4 nitrogen and oxygen atoms in total. The van der Waals surface area contributed by atoms with Crippen molar-refractivity contribution in [2.45, 2.75) is 17.7 Å². The van der Waals surface area contributed by atoms with Crippen LogP contribution in [0.5, 0.6) is 0 Å². The zero-order valence-electron chi connectivity index (χ0n) is 10.2. The molecule has 19 heavy (non-hydrogen) atoms. The summed E-state index contributed by atoms with van der Waals surface area (Å²) in [4.78, 5) is 0. The van der Waals surface area contributed by atoms with E-state index in [1.54, 1.807) is 6.92 Å². The average Bonchev–Trinajstić information content (AvgIpc) is 2.35. The molecule has 0 bridgehead atoms. The normalized spacial score (nSPS) is 11.5. The van der Waals surface area contributed by atoms with Gasteiger partial charge in [-0.05, 0) is 30.2 Å². The van der Waals surface area contributed by atoms with Crippen molar-refractivity contribution in [1.29, 1.82) is 0 Å². The van der Waals surface area contributed by atoms with Gasteiger partial charge in [0.1, 0.15) is 5.82 Å². The van der Waals surface area contributed by atoms with Crippen molar-refractivity contribution in [2.75, 3.05) is 0 Å². The van der Waals surface area contributed by atoms with Crippen LogP contribution < -0.4 is 4.73 Å². The smallest absolute Gasteiger partial charge is 0.309 e. The fraction of sp³-hybridized carbons (Fsp3) is 0.154. The summed E-state index contributed by atoms with van der Waals surface area (Å²) in [6.07, 6.45) is 1.16. The van der Waals surface area contributed by atoms with E-state index in [9.17, 15) is 18.0 Å². The molecule has 0 spiro atoms. The van der Waals surface area contributed by atoms with E-state index < -0.39 is 15.7 Å². The van der Waals surface area contributed by atoms with Crippen LogP contribution in [0, 0.1) is 17.9 Å². The van der Waals surface area contributed by atoms with Crippen LogP contribution >= 0.6 is 0 Å². The molecular weight excluding hydrogens is 269 g/mol. The highest BCUT2D eigenvalue weighted by Crippen LogP contribution is 2.14. The second kappa shape index (κ2) is 4.97. The molecule has 0 unspecified atom stereocenters. The summed E-state index contributed by atoms with van der Waals surface area (Å²) < 4.78 is 37.4. The molecule has 0 fully saturated rings. The monoisotopic (exact) mass is 281 g/mol. The highest BCUT2D eigenvalue weighted by Gasteiger charge is 2.24. The maximum atomic E-state index is 12.8. The van der Waals surface area contributed by atoms with Gasteiger partial charge in [0, 0.05) is 12.1 Å². The average molecular weight is 281 g/mol. The molecule has 0 amide bonds. The number of rotatable bonds is 3. The quantitative estimate of drug-likeness (QED) is 0.636. The number of aromatic nitrogens is 1. The molecule has 6 heteroatoms. The molecule has 0 aliphatic rings. The minimum atomic E-state index is -3.75. The van der Waals surface area contributed by atoms with Crippen LogP contribution in [0.3, 0.4) is 0 Å². The van der Waals surface area contributed by atoms with Gasteiger partial charge in [-0.2, -0.15) is 4.73 Å². The third-order valence-electron chi connectivity index (χ3n) is 2.63. The van der Waals surface area contributed by atoms with Gasteiger partial charge in [0.2, 0.25) is 9.84 Å². The van der Waals surface area contributed by atoms with E-state index in [0.29, 0.717) is 15.9 Å². The molecule has 1 heterocycles. The Morgan fingerprint density at radius 2 is 1.84 bits per heavy atom. The second-order valence-corrected chi connectivity index (χ2v) is 6.19. The minimum absolute atomic E-state index is 0.295. The summed E-state index contributed by atoms with van der Waals surface area (Å²) in [5.41, 5.74) is 1.12. The Balaban J connectivity index is 2.37. The molecule has 2 rings (SSSR count). The molecule has 0 saturated carbocycles. The topological polar surface area (TPSA) is 61.1 Å². The van der Waals surface area contributed by atoms with E-state index >= 15 is 0 Å². The highest BCUT2D eigenvalue weighted by atomic mass is 32.2. The van der Waals surface area contributed by atoms with Crippen molar-refractivity contribution < 1.29 is 17.5 Å². The Morgan fingerprint density at radius 3 is 2.47 bits per heavy atom. The van der Waals surface area contributed by atoms with Crippen molar-refractivity contribution >= 4 is 9.84 Å². The van der Waals surface area contributed by atoms with E-state index in [4.69, 9.17) is 0 Å². The van der Waals surface area contributed by atoms with Crippen molar-refractivity contribution in [3.8, 4) is 0 Å². The molecule has 0 radical (unpaired) electrons. The van der Waals surface area contributed by atoms with Crippen molar-refractivity contribution in [2.24, 2.45) is 0 Å². The number of sulfone groups is 1. The molecule has 1 aromatic carbocycles. The summed E-state index contributed by atoms with van der Waals surface area (Å²) in [7, 11) is -3.75. The van der Waals surface area contributed by atoms with Gasteiger partial charge in [0.05, 0.1) is 5.75 Å². The van der Waals surface area contributed by atoms with Crippen LogP contribution in [-0.2, 0) is 15.6 Å². The minimum Gasteiger partial charge on any atom is -0.618 e. The zero-order valence-corrected chi connectivity index (χ0v) is 11.0. The molecule has 2 aromatic rings. The third kappa shape index (κ3) is 3.08. The SMILES string of the molecule is Cc1cc[n+]([O-])c(S(=O)(=O)Cc2ccc(F)cc2)c1. The van der Waals surface area contributed by atoms with Crippen LogP contribution in [-0.4, -0.2) is 8.42 Å². The van der Waals surface area contributed by atoms with Crippen LogP contribution in [0.4, 0.5) is 4.39 Å². The standard InChI is InChI=1S/C13H12FNO3S/c1-10-6-7-15(16)13(8-10)19(17,18)9-11-2-4-12(14)5-3-11/h2-8H,9H2,1H3. The van der Waals surface area contributed by atoms with Gasteiger partial charge < -0.3 is 5.21 Å². The molecule has 0 aliphatic carbocycles. The highest BCUT2D eigenvalue weighted by molar-refractivity contribution is 7.90. The van der Waals surface area contributed by atoms with Crippen LogP contribution in [0.25, 0.3) is 0 Å². The molecule has 100 valence electrons. The number of benzene rings is 1. The van der Waals surface area contributed by atoms with Crippen LogP contribution in [0.1, 0.15) is 11.1 Å². The number of pyridine rings is 1. The van der Waals surface area contributed by atoms with E-state index in [0.717, 1.165) is 6.20 Å². The molecule has 0 aliphatic heterocycles. The summed E-state index contributed by atoms with van der Waals surface area (Å²) >= 11 is 0. The summed E-state index contributed by atoms with van der Waals surface area (Å²) in [5.74, 6) is -0.769. The van der Waals surface area contributed by atoms with Crippen LogP contribution in [0.15, 0.2) is 47.6 Å². The van der Waals surface area contributed by atoms with Gasteiger partial charge in [-0.25, -0.2) is 12.8 Å². The number of hydrogen-bond acceptors (Lipinski definition) is 3. The Kier molecular flexibility index (Phi) is 3.53. The molecule has 0 atom stereocenters. The van der Waals surface area contributed by atoms with Crippen molar-refractivity contribution in [3.63, 3.8) is 0 Å². The first kappa shape index (κ1) is 13.5. The van der Waals surface area contributed by atoms with Gasteiger partial charge in [-0.1, -0.05) is 12.1 Å². The Bertz CT molecular complexity index is 696. The lowest BCUT2D eigenvalue weighted by atomic mass is 10.2. The fourth-order valence-corrected chi connectivity index (χ4v) is 3.15. The largest absolute Gasteiger partial charge is 0.618 e. The summed E-state index contributed by atoms with van der Waals surface area (Å²) in [5, 5.41) is 11.2. The lowest BCUT2D eigenvalue weighted by Crippen LogP contribution is -2.34. The Labute approximate surface area is 110 Å². The lowest BCUT2D eigenvalue weighted by molar-refractivity contribution is -0.646. The molecular formula is C13H12FNO3S. The first-order valence-electron chi connectivity index (χ1n) is 5.55. The molecule has 1 aromatic heterocycles. The predicted octanol–water partition coefficient (Wildman–Crippen LogP) is 1.74. The second-order valence-electron chi connectivity index (χ2n) is 4.25. The fourth-order valence-electron chi connectivity index (χ4n) is 1.67. The van der Waals surface area contributed by atoms with Gasteiger partial charge in [-0.3, -0.25) is 0 Å². The number of aryl methyl sites for hydroxylation is 1. The Morgan fingerprint density at radius 1 is 1.21 bits per heavy atom. The predicted molar refractivity (Wildman–Crippen MR) is 67.4 cm³/mol. The van der Waals surface area contributed by atoms with Crippen LogP contribution in [0.2, 0.25) is 0 Å². The lowest BCUT2D eigenvalue weighted by Gasteiger charge is -2.06. The first-order chi connectivity index (χ1) is 8.88. The summed E-state index contributed by atoms with van der Waals surface area (Å²) in [6.45, 7) is 1.71. The molecule has 0 saturated heterocycles. The van der Waals surface area contributed by atoms with Gasteiger partial charge in [0.15, 0.2) is 6.20 Å². The molecule has 0 N–H and O–H groups in total. The first-order valence-corrected chi connectivity index (χ1v) is 7.21. The third-order valence-corrected chi connectivity index (χ3v) is 4.28. The Hall–Kier alpha value is -1.95. The van der Waals surface area contributed by atoms with Gasteiger partial charge in [0.25, 0.3) is 0 Å². The zero-order chi connectivity index (χ0) is 14.0. The number of nitrogens with zero attached hydrogens (tertiary/aromatic N) is 1. The number of halogens is 1.